The van der Waals surface area contributed by atoms with Gasteiger partial charge in [0.05, 0.1) is 29.7 Å². The molecule has 0 radical (unpaired) electrons. The first kappa shape index (κ1) is 9.52. The van der Waals surface area contributed by atoms with E-state index in [-0.39, 0.29) is 5.95 Å². The summed E-state index contributed by atoms with van der Waals surface area (Å²) < 4.78 is 9.42. The number of hydrogen-bond donors (Lipinski definition) is 0. The van der Waals surface area contributed by atoms with E-state index in [9.17, 15) is 4.79 Å². The lowest BCUT2D eigenvalue weighted by Crippen LogP contribution is -2.02. The van der Waals surface area contributed by atoms with Crippen LogP contribution in [0.15, 0.2) is 11.1 Å². The van der Waals surface area contributed by atoms with Crippen LogP contribution in [0.1, 0.15) is 0 Å². The number of hydrogen-bond acceptors (Lipinski definition) is 3. The van der Waals surface area contributed by atoms with Crippen molar-refractivity contribution in [3.63, 3.8) is 0 Å². The molecule has 0 bridgehead atoms. The van der Waals surface area contributed by atoms with E-state index in [0.29, 0.717) is 15.4 Å². The third-order valence-corrected chi connectivity index (χ3v) is 2.43. The SMILES string of the molecule is COC(OC)=C([SiH3])C(=O)Cl. The van der Waals surface area contributed by atoms with Gasteiger partial charge in [0, 0.05) is 0 Å². The van der Waals surface area contributed by atoms with Crippen LogP contribution < -0.4 is 0 Å². The van der Waals surface area contributed by atoms with Crippen molar-refractivity contribution >= 4 is 27.1 Å². The summed E-state index contributed by atoms with van der Waals surface area (Å²) in [6.07, 6.45) is 0. The molecule has 0 aromatic carbocycles. The fraction of sp³-hybridized carbons (Fsp3) is 0.400. The van der Waals surface area contributed by atoms with Gasteiger partial charge in [-0.3, -0.25) is 4.79 Å². The second-order valence-corrected chi connectivity index (χ2v) is 2.94. The zero-order valence-electron chi connectivity index (χ0n) is 6.10. The molecule has 0 spiro atoms. The molecule has 0 atom stereocenters. The summed E-state index contributed by atoms with van der Waals surface area (Å²) in [5.74, 6) is 0.215. The molecule has 0 unspecified atom stereocenters. The second kappa shape index (κ2) is 4.35. The van der Waals surface area contributed by atoms with Crippen molar-refractivity contribution in [1.82, 2.24) is 0 Å². The highest BCUT2D eigenvalue weighted by atomic mass is 35.5. The molecule has 10 heavy (non-hydrogen) atoms. The minimum Gasteiger partial charge on any atom is -0.469 e. The summed E-state index contributed by atoms with van der Waals surface area (Å²) >= 11 is 5.16. The van der Waals surface area contributed by atoms with Crippen molar-refractivity contribution < 1.29 is 14.3 Å². The molecular weight excluding hydrogens is 172 g/mol. The third kappa shape index (κ3) is 2.41. The van der Waals surface area contributed by atoms with Crippen LogP contribution in [0, 0.1) is 0 Å². The molecule has 3 nitrogen and oxygen atoms in total. The maximum absolute atomic E-state index is 10.5. The Kier molecular flexibility index (Phi) is 4.14. The quantitative estimate of drug-likeness (QED) is 0.256. The van der Waals surface area contributed by atoms with Gasteiger partial charge in [-0.15, -0.1) is 0 Å². The van der Waals surface area contributed by atoms with E-state index in [4.69, 9.17) is 21.1 Å². The average Bonchev–Trinajstić information content (AvgIpc) is 1.90. The molecule has 58 valence electrons. The monoisotopic (exact) mass is 180 g/mol. The van der Waals surface area contributed by atoms with Crippen molar-refractivity contribution in [3.05, 3.63) is 11.1 Å². The van der Waals surface area contributed by atoms with E-state index in [1.54, 1.807) is 0 Å². The van der Waals surface area contributed by atoms with Crippen molar-refractivity contribution in [2.45, 2.75) is 0 Å². The van der Waals surface area contributed by atoms with Crippen LogP contribution in [0.3, 0.4) is 0 Å². The van der Waals surface area contributed by atoms with Gasteiger partial charge >= 0.3 is 0 Å². The van der Waals surface area contributed by atoms with Crippen LogP contribution in [0.4, 0.5) is 0 Å². The van der Waals surface area contributed by atoms with E-state index in [0.717, 1.165) is 0 Å². The van der Waals surface area contributed by atoms with Gasteiger partial charge in [-0.1, -0.05) is 0 Å². The minimum atomic E-state index is -0.509. The Balaban J connectivity index is 4.43. The average molecular weight is 181 g/mol. The molecule has 0 aromatic rings. The van der Waals surface area contributed by atoms with Gasteiger partial charge < -0.3 is 9.47 Å². The molecule has 0 aliphatic carbocycles. The second-order valence-electron chi connectivity index (χ2n) is 1.59. The van der Waals surface area contributed by atoms with Crippen LogP contribution in [0.25, 0.3) is 0 Å². The highest BCUT2D eigenvalue weighted by Gasteiger charge is 2.07. The molecule has 0 aliphatic rings. The molecule has 0 aromatic heterocycles. The number of carbonyl (C=O) groups excluding carboxylic acids is 1. The van der Waals surface area contributed by atoms with Gasteiger partial charge in [0.15, 0.2) is 0 Å². The van der Waals surface area contributed by atoms with E-state index in [1.807, 2.05) is 0 Å². The van der Waals surface area contributed by atoms with E-state index in [1.165, 1.54) is 14.2 Å². The molecule has 0 saturated carbocycles. The highest BCUT2D eigenvalue weighted by molar-refractivity contribution is 6.73. The maximum Gasteiger partial charge on any atom is 0.281 e. The van der Waals surface area contributed by atoms with Gasteiger partial charge in [-0.25, -0.2) is 0 Å². The highest BCUT2D eigenvalue weighted by Crippen LogP contribution is 2.05. The lowest BCUT2D eigenvalue weighted by molar-refractivity contribution is -0.108. The van der Waals surface area contributed by atoms with Crippen molar-refractivity contribution in [2.24, 2.45) is 0 Å². The predicted molar refractivity (Wildman–Crippen MR) is 41.8 cm³/mol. The van der Waals surface area contributed by atoms with Gasteiger partial charge in [0.25, 0.3) is 5.95 Å². The van der Waals surface area contributed by atoms with Crippen LogP contribution in [-0.4, -0.2) is 29.7 Å². The van der Waals surface area contributed by atoms with Crippen LogP contribution in [0.2, 0.25) is 0 Å². The Labute approximate surface area is 67.4 Å². The molecule has 5 heteroatoms. The number of rotatable bonds is 3. The Hall–Kier alpha value is -0.483. The summed E-state index contributed by atoms with van der Waals surface area (Å²) in [6.45, 7) is 0. The summed E-state index contributed by atoms with van der Waals surface area (Å²) in [5.41, 5.74) is 0. The van der Waals surface area contributed by atoms with Crippen LogP contribution in [-0.2, 0) is 14.3 Å². The zero-order valence-corrected chi connectivity index (χ0v) is 8.86. The largest absolute Gasteiger partial charge is 0.469 e. The predicted octanol–water partition coefficient (Wildman–Crippen LogP) is -0.421. The van der Waals surface area contributed by atoms with Crippen LogP contribution in [0.5, 0.6) is 0 Å². The first-order valence-electron chi connectivity index (χ1n) is 2.62. The normalized spacial score (nSPS) is 8.70. The lowest BCUT2D eigenvalue weighted by Gasteiger charge is -2.04. The van der Waals surface area contributed by atoms with Gasteiger partial charge in [0.2, 0.25) is 5.24 Å². The fourth-order valence-corrected chi connectivity index (χ4v) is 0.955. The Morgan fingerprint density at radius 3 is 1.90 bits per heavy atom. The van der Waals surface area contributed by atoms with E-state index < -0.39 is 5.24 Å². The molecular formula is C5H9ClO3Si. The minimum absolute atomic E-state index is 0.215. The van der Waals surface area contributed by atoms with Crippen LogP contribution >= 0.6 is 11.6 Å². The Morgan fingerprint density at radius 2 is 1.80 bits per heavy atom. The zero-order chi connectivity index (χ0) is 8.15. The Morgan fingerprint density at radius 1 is 1.40 bits per heavy atom. The van der Waals surface area contributed by atoms with E-state index in [2.05, 4.69) is 0 Å². The summed E-state index contributed by atoms with van der Waals surface area (Å²) in [4.78, 5) is 10.5. The number of halogens is 1. The third-order valence-electron chi connectivity index (χ3n) is 0.972. The van der Waals surface area contributed by atoms with Gasteiger partial charge in [0.1, 0.15) is 0 Å². The Bertz CT molecular complexity index is 160. The van der Waals surface area contributed by atoms with Crippen molar-refractivity contribution in [3.8, 4) is 0 Å². The standard InChI is InChI=1S/C5H9ClO3Si/c1-8-5(9-2)3(10)4(6)7/h1-2,10H3. The van der Waals surface area contributed by atoms with E-state index >= 15 is 0 Å². The number of carbonyl (C=O) groups is 1. The van der Waals surface area contributed by atoms with Crippen molar-refractivity contribution in [2.75, 3.05) is 14.2 Å². The first-order valence-corrected chi connectivity index (χ1v) is 4.00. The summed E-state index contributed by atoms with van der Waals surface area (Å²) in [6, 6.07) is 0. The molecule has 0 fully saturated rings. The number of ether oxygens (including phenoxy) is 2. The number of allylic oxidation sites excluding steroid dienone is 1. The fourth-order valence-electron chi connectivity index (χ4n) is 0.470. The van der Waals surface area contributed by atoms with Crippen molar-refractivity contribution in [1.29, 1.82) is 0 Å². The summed E-state index contributed by atoms with van der Waals surface area (Å²) in [7, 11) is 3.38. The first-order chi connectivity index (χ1) is 4.63. The topological polar surface area (TPSA) is 35.5 Å². The molecule has 0 amide bonds. The smallest absolute Gasteiger partial charge is 0.281 e. The molecule has 0 saturated heterocycles. The molecule has 0 heterocycles. The maximum atomic E-state index is 10.5. The van der Waals surface area contributed by atoms with Gasteiger partial charge in [-0.05, 0) is 11.6 Å². The summed E-state index contributed by atoms with van der Waals surface area (Å²) in [5, 5.41) is -0.1000. The molecule has 0 rings (SSSR count). The van der Waals surface area contributed by atoms with Gasteiger partial charge in [-0.2, -0.15) is 0 Å². The molecule has 0 N–H and O–H groups in total. The molecule has 0 aliphatic heterocycles. The number of methoxy groups -OCH3 is 2. The lowest BCUT2D eigenvalue weighted by atomic mass is 10.6.